The average molecular weight is 392 g/mol. The summed E-state index contributed by atoms with van der Waals surface area (Å²) in [7, 11) is 0. The monoisotopic (exact) mass is 392 g/mol. The van der Waals surface area contributed by atoms with E-state index in [0.717, 1.165) is 5.56 Å². The van der Waals surface area contributed by atoms with Crippen LogP contribution in [0.5, 0.6) is 0 Å². The molecule has 0 unspecified atom stereocenters. The summed E-state index contributed by atoms with van der Waals surface area (Å²) in [6.07, 6.45) is 0. The van der Waals surface area contributed by atoms with Crippen molar-refractivity contribution in [2.45, 2.75) is 18.5 Å². The van der Waals surface area contributed by atoms with Gasteiger partial charge in [-0.05, 0) is 36.8 Å². The van der Waals surface area contributed by atoms with Gasteiger partial charge in [0, 0.05) is 12.1 Å². The fourth-order valence-electron chi connectivity index (χ4n) is 2.34. The van der Waals surface area contributed by atoms with Gasteiger partial charge in [-0.25, -0.2) is 0 Å². The summed E-state index contributed by atoms with van der Waals surface area (Å²) in [5, 5.41) is 14.2. The molecule has 2 amide bonds. The minimum Gasteiger partial charge on any atom is -0.351 e. The minimum absolute atomic E-state index is 0.0752. The third-order valence-electron chi connectivity index (χ3n) is 3.88. The van der Waals surface area contributed by atoms with E-state index in [1.54, 1.807) is 36.4 Å². The molecule has 0 aliphatic rings. The van der Waals surface area contributed by atoms with E-state index in [1.807, 2.05) is 37.3 Å². The van der Waals surface area contributed by atoms with E-state index in [0.29, 0.717) is 23.0 Å². The second-order valence-electron chi connectivity index (χ2n) is 6.13. The maximum atomic E-state index is 12.1. The first kappa shape index (κ1) is 19.6. The lowest BCUT2D eigenvalue weighted by atomic mass is 10.1. The fourth-order valence-corrected chi connectivity index (χ4v) is 2.98. The van der Waals surface area contributed by atoms with Gasteiger partial charge in [-0.15, -0.1) is 10.2 Å². The number of nitrogens with zero attached hydrogens (tertiary/aromatic N) is 2. The molecule has 0 saturated carbocycles. The Morgan fingerprint density at radius 1 is 0.929 bits per heavy atom. The predicted molar refractivity (Wildman–Crippen MR) is 110 cm³/mol. The highest BCUT2D eigenvalue weighted by atomic mass is 32.2. The molecule has 2 aromatic carbocycles. The average Bonchev–Trinajstić information content (AvgIpc) is 2.73. The summed E-state index contributed by atoms with van der Waals surface area (Å²) in [5.41, 5.74) is 2.79. The first-order chi connectivity index (χ1) is 13.6. The number of hydrogen-bond acceptors (Lipinski definition) is 5. The van der Waals surface area contributed by atoms with Gasteiger partial charge in [0.1, 0.15) is 5.03 Å². The van der Waals surface area contributed by atoms with Crippen LogP contribution in [0.4, 0.5) is 5.82 Å². The molecule has 0 radical (unpaired) electrons. The number of aryl methyl sites for hydroxylation is 1. The lowest BCUT2D eigenvalue weighted by Gasteiger charge is -2.06. The van der Waals surface area contributed by atoms with E-state index in [4.69, 9.17) is 0 Å². The van der Waals surface area contributed by atoms with Crippen molar-refractivity contribution in [2.24, 2.45) is 0 Å². The summed E-state index contributed by atoms with van der Waals surface area (Å²) >= 11 is 1.29. The number of rotatable bonds is 7. The van der Waals surface area contributed by atoms with Crippen LogP contribution in [0, 0.1) is 6.92 Å². The molecule has 3 aromatic rings. The second kappa shape index (κ2) is 9.66. The molecule has 0 aliphatic carbocycles. The van der Waals surface area contributed by atoms with Gasteiger partial charge < -0.3 is 10.6 Å². The molecule has 1 aromatic heterocycles. The van der Waals surface area contributed by atoms with Crippen molar-refractivity contribution < 1.29 is 9.59 Å². The van der Waals surface area contributed by atoms with E-state index in [1.165, 1.54) is 17.3 Å². The number of carbonyl (C=O) groups is 2. The van der Waals surface area contributed by atoms with Gasteiger partial charge in [0.05, 0.1) is 5.75 Å². The van der Waals surface area contributed by atoms with Crippen LogP contribution in [-0.4, -0.2) is 27.8 Å². The molecule has 142 valence electrons. The van der Waals surface area contributed by atoms with E-state index in [-0.39, 0.29) is 17.6 Å². The quantitative estimate of drug-likeness (QED) is 0.602. The molecular weight excluding hydrogens is 372 g/mol. The Hall–Kier alpha value is -3.19. The highest BCUT2D eigenvalue weighted by Crippen LogP contribution is 2.15. The Labute approximate surface area is 167 Å². The molecule has 6 nitrogen and oxygen atoms in total. The number of carbonyl (C=O) groups excluding carboxylic acids is 2. The summed E-state index contributed by atoms with van der Waals surface area (Å²) < 4.78 is 0. The van der Waals surface area contributed by atoms with Crippen molar-refractivity contribution >= 4 is 29.4 Å². The van der Waals surface area contributed by atoms with Crippen molar-refractivity contribution in [1.29, 1.82) is 0 Å². The van der Waals surface area contributed by atoms with Crippen LogP contribution >= 0.6 is 11.8 Å². The number of benzene rings is 2. The molecule has 28 heavy (non-hydrogen) atoms. The molecule has 1 heterocycles. The van der Waals surface area contributed by atoms with E-state index in [9.17, 15) is 9.59 Å². The Bertz CT molecular complexity index is 929. The Morgan fingerprint density at radius 3 is 2.36 bits per heavy atom. The topological polar surface area (TPSA) is 84.0 Å². The molecule has 3 rings (SSSR count). The third-order valence-corrected chi connectivity index (χ3v) is 4.80. The molecule has 0 spiro atoms. The minimum atomic E-state index is -0.245. The number of hydrogen-bond donors (Lipinski definition) is 2. The lowest BCUT2D eigenvalue weighted by Crippen LogP contribution is -2.24. The Kier molecular flexibility index (Phi) is 6.75. The zero-order valence-electron chi connectivity index (χ0n) is 15.4. The van der Waals surface area contributed by atoms with Crippen LogP contribution in [0.15, 0.2) is 71.8 Å². The van der Waals surface area contributed by atoms with Crippen LogP contribution in [0.25, 0.3) is 0 Å². The van der Waals surface area contributed by atoms with Crippen molar-refractivity contribution in [3.63, 3.8) is 0 Å². The highest BCUT2D eigenvalue weighted by Gasteiger charge is 2.08. The van der Waals surface area contributed by atoms with Crippen molar-refractivity contribution in [1.82, 2.24) is 15.5 Å². The SMILES string of the molecule is Cc1ccc(CNC(=O)CSc2ccc(NC(=O)c3ccccc3)nn2)cc1. The van der Waals surface area contributed by atoms with Gasteiger partial charge in [0.25, 0.3) is 5.91 Å². The number of nitrogens with one attached hydrogen (secondary N) is 2. The van der Waals surface area contributed by atoms with Crippen LogP contribution in [0.1, 0.15) is 21.5 Å². The summed E-state index contributed by atoms with van der Waals surface area (Å²) in [6, 6.07) is 20.3. The van der Waals surface area contributed by atoms with E-state index in [2.05, 4.69) is 20.8 Å². The first-order valence-corrected chi connectivity index (χ1v) is 9.74. The zero-order chi connectivity index (χ0) is 19.8. The third kappa shape index (κ3) is 5.92. The molecule has 0 saturated heterocycles. The number of thioether (sulfide) groups is 1. The number of amides is 2. The van der Waals surface area contributed by atoms with Crippen LogP contribution in [0.3, 0.4) is 0 Å². The number of anilines is 1. The Balaban J connectivity index is 1.44. The van der Waals surface area contributed by atoms with Crippen molar-refractivity contribution in [3.05, 3.63) is 83.4 Å². The normalized spacial score (nSPS) is 10.3. The zero-order valence-corrected chi connectivity index (χ0v) is 16.2. The molecule has 0 aliphatic heterocycles. The maximum absolute atomic E-state index is 12.1. The van der Waals surface area contributed by atoms with Crippen LogP contribution in [0.2, 0.25) is 0 Å². The largest absolute Gasteiger partial charge is 0.351 e. The molecule has 2 N–H and O–H groups in total. The fraction of sp³-hybridized carbons (Fsp3) is 0.143. The van der Waals surface area contributed by atoms with Crippen molar-refractivity contribution in [2.75, 3.05) is 11.1 Å². The molecular formula is C21H20N4O2S. The number of aromatic nitrogens is 2. The van der Waals surface area contributed by atoms with Gasteiger partial charge in [-0.2, -0.15) is 0 Å². The highest BCUT2D eigenvalue weighted by molar-refractivity contribution is 7.99. The summed E-state index contributed by atoms with van der Waals surface area (Å²) in [4.78, 5) is 24.1. The molecule has 0 bridgehead atoms. The molecule has 0 fully saturated rings. The standard InChI is InChI=1S/C21H20N4O2S/c1-15-7-9-16(10-8-15)13-22-19(26)14-28-20-12-11-18(24-25-20)23-21(27)17-5-3-2-4-6-17/h2-12H,13-14H2,1H3,(H,22,26)(H,23,24,27). The van der Waals surface area contributed by atoms with E-state index >= 15 is 0 Å². The summed E-state index contributed by atoms with van der Waals surface area (Å²) in [6.45, 7) is 2.52. The first-order valence-electron chi connectivity index (χ1n) is 8.75. The molecule has 7 heteroatoms. The van der Waals surface area contributed by atoms with Crippen LogP contribution < -0.4 is 10.6 Å². The van der Waals surface area contributed by atoms with Gasteiger partial charge in [0.15, 0.2) is 5.82 Å². The smallest absolute Gasteiger partial charge is 0.256 e. The van der Waals surface area contributed by atoms with Gasteiger partial charge in [-0.3, -0.25) is 9.59 Å². The van der Waals surface area contributed by atoms with Gasteiger partial charge >= 0.3 is 0 Å². The Morgan fingerprint density at radius 2 is 1.68 bits per heavy atom. The summed E-state index contributed by atoms with van der Waals surface area (Å²) in [5.74, 6) is 0.289. The second-order valence-corrected chi connectivity index (χ2v) is 7.12. The van der Waals surface area contributed by atoms with Gasteiger partial charge in [-0.1, -0.05) is 59.8 Å². The lowest BCUT2D eigenvalue weighted by molar-refractivity contribution is -0.118. The van der Waals surface area contributed by atoms with Crippen molar-refractivity contribution in [3.8, 4) is 0 Å². The van der Waals surface area contributed by atoms with E-state index < -0.39 is 0 Å². The van der Waals surface area contributed by atoms with Gasteiger partial charge in [0.2, 0.25) is 5.91 Å². The van der Waals surface area contributed by atoms with Crippen LogP contribution in [-0.2, 0) is 11.3 Å². The maximum Gasteiger partial charge on any atom is 0.256 e. The molecule has 0 atom stereocenters. The predicted octanol–water partition coefficient (Wildman–Crippen LogP) is 3.45.